The summed E-state index contributed by atoms with van der Waals surface area (Å²) in [6.07, 6.45) is -6.38. The molecule has 2 aliphatic heterocycles. The van der Waals surface area contributed by atoms with Crippen LogP contribution in [0.5, 0.6) is 5.75 Å². The number of hydrogen-bond donors (Lipinski definition) is 1. The van der Waals surface area contributed by atoms with Gasteiger partial charge in [-0.25, -0.2) is 0 Å². The average molecular weight is 544 g/mol. The fraction of sp³-hybridized carbons (Fsp3) is 0.536. The predicted molar refractivity (Wildman–Crippen MR) is 129 cm³/mol. The first-order chi connectivity index (χ1) is 17.7. The minimum Gasteiger partial charge on any atom is -0.487 e. The molecule has 0 bridgehead atoms. The highest BCUT2D eigenvalue weighted by Gasteiger charge is 2.43. The Morgan fingerprint density at radius 1 is 1.03 bits per heavy atom. The van der Waals surface area contributed by atoms with Gasteiger partial charge in [0.05, 0.1) is 17.0 Å². The Labute approximate surface area is 217 Å². The standard InChI is InChI=1S/C28H31F6NO3/c1-3-23(21-16-20(27(29,30)31)6-7-22(21)28(32,33)34)35-12-10-26(11-13-35)9-8-19-5-4-18(15-24(19)38-26)14-17(2)25(36)37/h4-7,15-17,23H,3,8-14H2,1-2H3,(H,36,37). The highest BCUT2D eigenvalue weighted by molar-refractivity contribution is 5.70. The maximum absolute atomic E-state index is 13.8. The monoisotopic (exact) mass is 543 g/mol. The summed E-state index contributed by atoms with van der Waals surface area (Å²) in [5.41, 5.74) is -1.12. The Bertz CT molecular complexity index is 1170. The molecule has 2 aromatic rings. The molecule has 1 saturated heterocycles. The van der Waals surface area contributed by atoms with E-state index in [1.807, 2.05) is 23.1 Å². The van der Waals surface area contributed by atoms with Crippen molar-refractivity contribution in [2.45, 2.75) is 76.4 Å². The van der Waals surface area contributed by atoms with Gasteiger partial charge < -0.3 is 9.84 Å². The van der Waals surface area contributed by atoms with Crippen LogP contribution in [0.4, 0.5) is 26.3 Å². The summed E-state index contributed by atoms with van der Waals surface area (Å²) in [6, 6.07) is 6.58. The summed E-state index contributed by atoms with van der Waals surface area (Å²) < 4.78 is 87.8. The van der Waals surface area contributed by atoms with Crippen LogP contribution in [0.3, 0.4) is 0 Å². The minimum atomic E-state index is -4.77. The van der Waals surface area contributed by atoms with Crippen molar-refractivity contribution in [3.05, 3.63) is 64.2 Å². The molecule has 1 fully saturated rings. The Kier molecular flexibility index (Phi) is 7.76. The molecule has 1 N–H and O–H groups in total. The van der Waals surface area contributed by atoms with Crippen LogP contribution in [0, 0.1) is 5.92 Å². The molecule has 208 valence electrons. The summed E-state index contributed by atoms with van der Waals surface area (Å²) in [4.78, 5) is 13.1. The highest BCUT2D eigenvalue weighted by atomic mass is 19.4. The number of rotatable bonds is 6. The number of hydrogen-bond acceptors (Lipinski definition) is 3. The van der Waals surface area contributed by atoms with Gasteiger partial charge in [-0.3, -0.25) is 9.69 Å². The maximum Gasteiger partial charge on any atom is 0.416 e. The van der Waals surface area contributed by atoms with Gasteiger partial charge in [0.1, 0.15) is 11.4 Å². The molecule has 4 nitrogen and oxygen atoms in total. The first kappa shape index (κ1) is 28.3. The zero-order valence-electron chi connectivity index (χ0n) is 21.3. The van der Waals surface area contributed by atoms with Crippen molar-refractivity contribution in [3.8, 4) is 5.75 Å². The molecule has 2 unspecified atom stereocenters. The van der Waals surface area contributed by atoms with Crippen LogP contribution in [-0.4, -0.2) is 34.7 Å². The van der Waals surface area contributed by atoms with Crippen LogP contribution in [0.2, 0.25) is 0 Å². The van der Waals surface area contributed by atoms with Crippen LogP contribution in [0.25, 0.3) is 0 Å². The highest BCUT2D eigenvalue weighted by Crippen LogP contribution is 2.44. The number of aryl methyl sites for hydroxylation is 1. The van der Waals surface area contributed by atoms with E-state index in [1.165, 1.54) is 0 Å². The number of carbonyl (C=O) groups is 1. The number of benzene rings is 2. The van der Waals surface area contributed by atoms with E-state index in [0.29, 0.717) is 56.3 Å². The number of halogens is 6. The molecule has 4 rings (SSSR count). The number of carboxylic acids is 1. The normalized spacial score (nSPS) is 19.5. The van der Waals surface area contributed by atoms with Gasteiger partial charge in [0, 0.05) is 19.1 Å². The van der Waals surface area contributed by atoms with Crippen LogP contribution in [0.1, 0.15) is 73.4 Å². The number of alkyl halides is 6. The third-order valence-electron chi connectivity index (χ3n) is 7.85. The second-order valence-corrected chi connectivity index (χ2v) is 10.4. The fourth-order valence-corrected chi connectivity index (χ4v) is 5.66. The van der Waals surface area contributed by atoms with E-state index in [2.05, 4.69) is 0 Å². The lowest BCUT2D eigenvalue weighted by Crippen LogP contribution is -2.50. The summed E-state index contributed by atoms with van der Waals surface area (Å²) >= 11 is 0. The Balaban J connectivity index is 1.53. The Morgan fingerprint density at radius 2 is 1.71 bits per heavy atom. The molecule has 2 aliphatic rings. The van der Waals surface area contributed by atoms with E-state index in [-0.39, 0.29) is 12.0 Å². The quantitative estimate of drug-likeness (QED) is 0.389. The van der Waals surface area contributed by atoms with Crippen molar-refractivity contribution in [1.82, 2.24) is 4.90 Å². The smallest absolute Gasteiger partial charge is 0.416 e. The van der Waals surface area contributed by atoms with Crippen LogP contribution < -0.4 is 4.74 Å². The minimum absolute atomic E-state index is 0.228. The van der Waals surface area contributed by atoms with Gasteiger partial charge >= 0.3 is 18.3 Å². The molecular formula is C28H31F6NO3. The van der Waals surface area contributed by atoms with E-state index in [0.717, 1.165) is 24.0 Å². The maximum atomic E-state index is 13.8. The third kappa shape index (κ3) is 5.95. The molecule has 2 atom stereocenters. The van der Waals surface area contributed by atoms with E-state index in [1.54, 1.807) is 13.8 Å². The lowest BCUT2D eigenvalue weighted by molar-refractivity contribution is -0.142. The van der Waals surface area contributed by atoms with E-state index in [9.17, 15) is 36.2 Å². The van der Waals surface area contributed by atoms with E-state index in [4.69, 9.17) is 4.74 Å². The largest absolute Gasteiger partial charge is 0.487 e. The lowest BCUT2D eigenvalue weighted by atomic mass is 9.81. The van der Waals surface area contributed by atoms with Gasteiger partial charge in [0.2, 0.25) is 0 Å². The SMILES string of the molecule is CCC(c1cc(C(F)(F)F)ccc1C(F)(F)F)N1CCC2(CCc3ccc(CC(C)C(=O)O)cc3O2)CC1. The predicted octanol–water partition coefficient (Wildman–Crippen LogP) is 7.30. The number of piperidine rings is 1. The second kappa shape index (κ2) is 10.4. The average Bonchev–Trinajstić information content (AvgIpc) is 2.84. The number of likely N-dealkylation sites (tertiary alicyclic amines) is 1. The third-order valence-corrected chi connectivity index (χ3v) is 7.85. The molecule has 0 amide bonds. The van der Waals surface area contributed by atoms with Gasteiger partial charge in [-0.15, -0.1) is 0 Å². The number of carboxylic acid groups (broad SMARTS) is 1. The zero-order chi connectivity index (χ0) is 27.9. The molecule has 10 heteroatoms. The molecule has 38 heavy (non-hydrogen) atoms. The number of nitrogens with zero attached hydrogens (tertiary/aromatic N) is 1. The van der Waals surface area contributed by atoms with Gasteiger partial charge in [-0.05, 0) is 79.5 Å². The second-order valence-electron chi connectivity index (χ2n) is 10.4. The molecule has 2 aromatic carbocycles. The van der Waals surface area contributed by atoms with Crippen molar-refractivity contribution >= 4 is 5.97 Å². The zero-order valence-corrected chi connectivity index (χ0v) is 21.3. The first-order valence-corrected chi connectivity index (χ1v) is 12.8. The number of fused-ring (bicyclic) bond motifs is 1. The summed E-state index contributed by atoms with van der Waals surface area (Å²) in [7, 11) is 0. The molecule has 0 radical (unpaired) electrons. The Hall–Kier alpha value is -2.75. The molecular weight excluding hydrogens is 512 g/mol. The molecule has 2 heterocycles. The fourth-order valence-electron chi connectivity index (χ4n) is 5.66. The van der Waals surface area contributed by atoms with Crippen molar-refractivity contribution in [1.29, 1.82) is 0 Å². The Morgan fingerprint density at radius 3 is 2.29 bits per heavy atom. The number of aliphatic carboxylic acids is 1. The van der Waals surface area contributed by atoms with Crippen molar-refractivity contribution in [2.24, 2.45) is 5.92 Å². The van der Waals surface area contributed by atoms with Crippen molar-refractivity contribution in [2.75, 3.05) is 13.1 Å². The lowest BCUT2D eigenvalue weighted by Gasteiger charge is -2.47. The summed E-state index contributed by atoms with van der Waals surface area (Å²) in [5.74, 6) is -0.728. The van der Waals surface area contributed by atoms with Crippen LogP contribution in [-0.2, 0) is 30.0 Å². The topological polar surface area (TPSA) is 49.8 Å². The van der Waals surface area contributed by atoms with Crippen molar-refractivity contribution < 1.29 is 41.0 Å². The van der Waals surface area contributed by atoms with Gasteiger partial charge in [0.15, 0.2) is 0 Å². The molecule has 0 aromatic heterocycles. The van der Waals surface area contributed by atoms with Crippen molar-refractivity contribution in [3.63, 3.8) is 0 Å². The van der Waals surface area contributed by atoms with E-state index >= 15 is 0 Å². The molecule has 0 saturated carbocycles. The summed E-state index contributed by atoms with van der Waals surface area (Å²) in [5, 5.41) is 9.22. The number of ether oxygens (including phenoxy) is 1. The molecule has 0 aliphatic carbocycles. The summed E-state index contributed by atoms with van der Waals surface area (Å²) in [6.45, 7) is 4.09. The van der Waals surface area contributed by atoms with Crippen LogP contribution in [0.15, 0.2) is 36.4 Å². The van der Waals surface area contributed by atoms with E-state index < -0.39 is 47.0 Å². The first-order valence-electron chi connectivity index (χ1n) is 12.8. The van der Waals surface area contributed by atoms with Gasteiger partial charge in [-0.2, -0.15) is 26.3 Å². The van der Waals surface area contributed by atoms with Gasteiger partial charge in [0.25, 0.3) is 0 Å². The molecule has 1 spiro atoms. The van der Waals surface area contributed by atoms with Crippen LogP contribution >= 0.6 is 0 Å². The van der Waals surface area contributed by atoms with Gasteiger partial charge in [-0.1, -0.05) is 26.0 Å².